The van der Waals surface area contributed by atoms with Crippen molar-refractivity contribution in [3.05, 3.63) is 0 Å². The summed E-state index contributed by atoms with van der Waals surface area (Å²) in [7, 11) is 2.17. The van der Waals surface area contributed by atoms with Gasteiger partial charge in [0, 0.05) is 39.3 Å². The third-order valence-corrected chi connectivity index (χ3v) is 7.32. The first-order chi connectivity index (χ1) is 11.6. The maximum absolute atomic E-state index is 10.2. The number of aliphatic hydroxyl groups is 1. The average molecular weight is 337 g/mol. The summed E-state index contributed by atoms with van der Waals surface area (Å²) in [6.45, 7) is 6.50. The Morgan fingerprint density at radius 3 is 2.17 bits per heavy atom. The van der Waals surface area contributed by atoms with E-state index in [0.717, 1.165) is 57.1 Å². The molecule has 5 fully saturated rings. The van der Waals surface area contributed by atoms with Gasteiger partial charge in [0.1, 0.15) is 0 Å². The van der Waals surface area contributed by atoms with Gasteiger partial charge in [-0.05, 0) is 75.2 Å². The zero-order valence-corrected chi connectivity index (χ0v) is 15.5. The largest absolute Gasteiger partial charge is 0.389 e. The molecule has 5 rings (SSSR count). The number of hydrogen-bond acceptors (Lipinski definition) is 4. The van der Waals surface area contributed by atoms with Crippen LogP contribution in [-0.4, -0.2) is 74.0 Å². The number of aliphatic hydroxyl groups excluding tert-OH is 1. The molecule has 4 heteroatoms. The smallest absolute Gasteiger partial charge is 0.0900 e. The summed E-state index contributed by atoms with van der Waals surface area (Å²) < 4.78 is 5.91. The number of likely N-dealkylation sites (N-methyl/N-ethyl adjacent to an activating group) is 1. The third kappa shape index (κ3) is 3.98. The van der Waals surface area contributed by atoms with Gasteiger partial charge in [0.25, 0.3) is 0 Å². The molecule has 1 N–H and O–H groups in total. The minimum absolute atomic E-state index is 0.329. The average Bonchev–Trinajstić information content (AvgIpc) is 2.53. The first-order valence-electron chi connectivity index (χ1n) is 10.3. The van der Waals surface area contributed by atoms with Crippen LogP contribution in [0.15, 0.2) is 0 Å². The Balaban J connectivity index is 1.14. The fourth-order valence-electron chi connectivity index (χ4n) is 6.49. The Bertz CT molecular complexity index is 385. The first kappa shape index (κ1) is 17.3. The lowest BCUT2D eigenvalue weighted by Crippen LogP contribution is -2.48. The molecule has 24 heavy (non-hydrogen) atoms. The summed E-state index contributed by atoms with van der Waals surface area (Å²) in [6, 6.07) is 0. The van der Waals surface area contributed by atoms with Crippen molar-refractivity contribution in [1.82, 2.24) is 9.80 Å². The van der Waals surface area contributed by atoms with Gasteiger partial charge in [-0.3, -0.25) is 4.90 Å². The van der Waals surface area contributed by atoms with Crippen LogP contribution in [0.2, 0.25) is 0 Å². The van der Waals surface area contributed by atoms with Crippen molar-refractivity contribution in [3.63, 3.8) is 0 Å². The lowest BCUT2D eigenvalue weighted by molar-refractivity contribution is -0.0743. The van der Waals surface area contributed by atoms with E-state index in [4.69, 9.17) is 4.74 Å². The SMILES string of the molecule is CN1CCN(C[C@H](O)COCCC23CC4CC(CC(C4)C2)C3)CC1. The Kier molecular flexibility index (Phi) is 5.19. The van der Waals surface area contributed by atoms with Crippen molar-refractivity contribution >= 4 is 0 Å². The van der Waals surface area contributed by atoms with Crippen LogP contribution in [0.1, 0.15) is 44.9 Å². The summed E-state index contributed by atoms with van der Waals surface area (Å²) in [5.74, 6) is 3.08. The van der Waals surface area contributed by atoms with Crippen LogP contribution in [0, 0.1) is 23.2 Å². The molecule has 1 atom stereocenters. The fraction of sp³-hybridized carbons (Fsp3) is 1.00. The molecule has 1 saturated heterocycles. The number of β-amino-alcohol motifs (C(OH)–C–C–N with tert-alkyl or cyclic N) is 1. The molecule has 0 amide bonds. The first-order valence-corrected chi connectivity index (χ1v) is 10.3. The van der Waals surface area contributed by atoms with Crippen LogP contribution in [-0.2, 0) is 4.74 Å². The van der Waals surface area contributed by atoms with Crippen LogP contribution in [0.5, 0.6) is 0 Å². The number of rotatable bonds is 7. The molecule has 0 aromatic carbocycles. The highest BCUT2D eigenvalue weighted by Gasteiger charge is 2.50. The van der Waals surface area contributed by atoms with E-state index in [9.17, 15) is 5.11 Å². The molecule has 0 radical (unpaired) electrons. The molecule has 5 aliphatic rings. The van der Waals surface area contributed by atoms with Crippen LogP contribution in [0.4, 0.5) is 0 Å². The van der Waals surface area contributed by atoms with Crippen LogP contribution in [0.25, 0.3) is 0 Å². The van der Waals surface area contributed by atoms with Gasteiger partial charge < -0.3 is 14.7 Å². The third-order valence-electron chi connectivity index (χ3n) is 7.32. The molecular formula is C20H36N2O2. The standard InChI is InChI=1S/C20H36N2O2/c1-21-3-5-22(6-4-21)14-19(23)15-24-7-2-20-11-16-8-17(12-20)10-18(9-16)13-20/h16-19,23H,2-15H2,1H3/t16?,17?,18?,19-,20?/m0/s1. The van der Waals surface area contributed by atoms with Gasteiger partial charge in [0.15, 0.2) is 0 Å². The van der Waals surface area contributed by atoms with Gasteiger partial charge in [-0.2, -0.15) is 0 Å². The van der Waals surface area contributed by atoms with Gasteiger partial charge in [-0.25, -0.2) is 0 Å². The summed E-state index contributed by atoms with van der Waals surface area (Å²) in [6.07, 6.45) is 9.85. The van der Waals surface area contributed by atoms with Gasteiger partial charge >= 0.3 is 0 Å². The maximum atomic E-state index is 10.2. The van der Waals surface area contributed by atoms with E-state index in [1.54, 1.807) is 0 Å². The zero-order chi connectivity index (χ0) is 16.6. The highest BCUT2D eigenvalue weighted by Crippen LogP contribution is 2.61. The van der Waals surface area contributed by atoms with Crippen LogP contribution >= 0.6 is 0 Å². The van der Waals surface area contributed by atoms with Crippen LogP contribution < -0.4 is 0 Å². The second-order valence-corrected chi connectivity index (χ2v) is 9.50. The van der Waals surface area contributed by atoms with Crippen molar-refractivity contribution in [2.24, 2.45) is 23.2 Å². The summed E-state index contributed by atoms with van der Waals surface area (Å²) in [5, 5.41) is 10.2. The monoisotopic (exact) mass is 336 g/mol. The highest BCUT2D eigenvalue weighted by atomic mass is 16.5. The Morgan fingerprint density at radius 1 is 1.00 bits per heavy atom. The summed E-state index contributed by atoms with van der Waals surface area (Å²) >= 11 is 0. The minimum Gasteiger partial charge on any atom is -0.389 e. The van der Waals surface area contributed by atoms with Crippen molar-refractivity contribution in [2.75, 3.05) is 53.0 Å². The second kappa shape index (κ2) is 7.22. The molecule has 1 aliphatic heterocycles. The molecule has 4 aliphatic carbocycles. The van der Waals surface area contributed by atoms with E-state index in [0.29, 0.717) is 12.0 Å². The molecule has 0 aromatic heterocycles. The van der Waals surface area contributed by atoms with Crippen molar-refractivity contribution < 1.29 is 9.84 Å². The Labute approximate surface area is 147 Å². The fourth-order valence-corrected chi connectivity index (χ4v) is 6.49. The predicted molar refractivity (Wildman–Crippen MR) is 96.0 cm³/mol. The van der Waals surface area contributed by atoms with Crippen molar-refractivity contribution in [3.8, 4) is 0 Å². The zero-order valence-electron chi connectivity index (χ0n) is 15.5. The van der Waals surface area contributed by atoms with E-state index in [1.165, 1.54) is 44.9 Å². The second-order valence-electron chi connectivity index (χ2n) is 9.50. The van der Waals surface area contributed by atoms with E-state index in [1.807, 2.05) is 0 Å². The van der Waals surface area contributed by atoms with Crippen molar-refractivity contribution in [1.29, 1.82) is 0 Å². The van der Waals surface area contributed by atoms with Gasteiger partial charge in [-0.15, -0.1) is 0 Å². The lowest BCUT2D eigenvalue weighted by atomic mass is 9.49. The predicted octanol–water partition coefficient (Wildman–Crippen LogP) is 2.22. The van der Waals surface area contributed by atoms with Crippen molar-refractivity contribution in [2.45, 2.75) is 51.0 Å². The van der Waals surface area contributed by atoms with Gasteiger partial charge in [-0.1, -0.05) is 0 Å². The molecule has 0 unspecified atom stereocenters. The molecule has 1 heterocycles. The minimum atomic E-state index is -0.329. The Morgan fingerprint density at radius 2 is 1.58 bits per heavy atom. The number of ether oxygens (including phenoxy) is 1. The van der Waals surface area contributed by atoms with Gasteiger partial charge in [0.05, 0.1) is 12.7 Å². The number of hydrogen-bond donors (Lipinski definition) is 1. The van der Waals surface area contributed by atoms with Crippen LogP contribution in [0.3, 0.4) is 0 Å². The van der Waals surface area contributed by atoms with E-state index >= 15 is 0 Å². The van der Waals surface area contributed by atoms with Gasteiger partial charge in [0.2, 0.25) is 0 Å². The highest BCUT2D eigenvalue weighted by molar-refractivity contribution is 5.01. The molecule has 4 saturated carbocycles. The van der Waals surface area contributed by atoms with E-state index < -0.39 is 0 Å². The van der Waals surface area contributed by atoms with E-state index in [-0.39, 0.29) is 6.10 Å². The molecule has 0 spiro atoms. The molecule has 4 bridgehead atoms. The Hall–Kier alpha value is -0.160. The maximum Gasteiger partial charge on any atom is 0.0900 e. The number of nitrogens with zero attached hydrogens (tertiary/aromatic N) is 2. The normalized spacial score (nSPS) is 41.0. The summed E-state index contributed by atoms with van der Waals surface area (Å²) in [5.41, 5.74) is 0.608. The molecular weight excluding hydrogens is 300 g/mol. The molecule has 4 nitrogen and oxygen atoms in total. The topological polar surface area (TPSA) is 35.9 Å². The lowest BCUT2D eigenvalue weighted by Gasteiger charge is -2.57. The summed E-state index contributed by atoms with van der Waals surface area (Å²) in [4.78, 5) is 4.72. The molecule has 138 valence electrons. The molecule has 0 aromatic rings. The van der Waals surface area contributed by atoms with E-state index in [2.05, 4.69) is 16.8 Å². The number of piperazine rings is 1. The quantitative estimate of drug-likeness (QED) is 0.723.